The van der Waals surface area contributed by atoms with E-state index in [1.807, 2.05) is 0 Å². The molecule has 0 aromatic rings. The normalized spacial score (nSPS) is 38.1. The van der Waals surface area contributed by atoms with Crippen molar-refractivity contribution in [3.8, 4) is 0 Å². The Morgan fingerprint density at radius 3 is 2.41 bits per heavy atom. The Morgan fingerprint density at radius 2 is 2.00 bits per heavy atom. The molecule has 2 atom stereocenters. The second-order valence-corrected chi connectivity index (χ2v) is 7.12. The van der Waals surface area contributed by atoms with Gasteiger partial charge in [-0.2, -0.15) is 0 Å². The monoisotopic (exact) mass is 239 g/mol. The van der Waals surface area contributed by atoms with Crippen molar-refractivity contribution in [3.63, 3.8) is 0 Å². The Balaban J connectivity index is 2.06. The van der Waals surface area contributed by atoms with Gasteiger partial charge in [-0.15, -0.1) is 0 Å². The average molecular weight is 239 g/mol. The summed E-state index contributed by atoms with van der Waals surface area (Å²) in [6.07, 6.45) is 5.19. The Bertz CT molecular complexity index is 275. The zero-order chi connectivity index (χ0) is 12.7. The zero-order valence-electron chi connectivity index (χ0n) is 12.0. The lowest BCUT2D eigenvalue weighted by Crippen LogP contribution is -2.52. The van der Waals surface area contributed by atoms with Crippen LogP contribution in [0.25, 0.3) is 0 Å². The van der Waals surface area contributed by atoms with Gasteiger partial charge in [-0.1, -0.05) is 13.8 Å². The summed E-state index contributed by atoms with van der Waals surface area (Å²) in [7, 11) is 4.39. The first-order valence-electron chi connectivity index (χ1n) is 7.00. The molecule has 2 rings (SSSR count). The third-order valence-corrected chi connectivity index (χ3v) is 5.02. The van der Waals surface area contributed by atoms with Crippen LogP contribution in [0.2, 0.25) is 0 Å². The highest BCUT2D eigenvalue weighted by Gasteiger charge is 2.47. The quantitative estimate of drug-likeness (QED) is 0.811. The fourth-order valence-electron chi connectivity index (χ4n) is 3.81. The molecule has 0 radical (unpaired) electrons. The maximum absolute atomic E-state index is 6.14. The van der Waals surface area contributed by atoms with E-state index in [1.165, 1.54) is 38.8 Å². The second-order valence-electron chi connectivity index (χ2n) is 7.12. The maximum Gasteiger partial charge on any atom is 0.0337 e. The predicted octanol–water partition coefficient (Wildman–Crippen LogP) is 1.53. The van der Waals surface area contributed by atoms with Crippen molar-refractivity contribution in [3.05, 3.63) is 0 Å². The van der Waals surface area contributed by atoms with Crippen molar-refractivity contribution in [2.45, 2.75) is 51.1 Å². The first-order valence-corrected chi connectivity index (χ1v) is 7.00. The van der Waals surface area contributed by atoms with E-state index in [0.717, 1.165) is 12.6 Å². The van der Waals surface area contributed by atoms with Crippen LogP contribution in [0.3, 0.4) is 0 Å². The standard InChI is InChI=1S/C14H29N3/c1-13(2)6-7-14(10-13,11-15)17-8-5-12(9-17)16(3)4/h12H,5-11,15H2,1-4H3. The van der Waals surface area contributed by atoms with Crippen LogP contribution < -0.4 is 5.73 Å². The lowest BCUT2D eigenvalue weighted by Gasteiger charge is -2.39. The molecule has 100 valence electrons. The van der Waals surface area contributed by atoms with E-state index in [0.29, 0.717) is 11.0 Å². The van der Waals surface area contributed by atoms with Gasteiger partial charge in [0.05, 0.1) is 0 Å². The van der Waals surface area contributed by atoms with Gasteiger partial charge in [0.2, 0.25) is 0 Å². The molecular weight excluding hydrogens is 210 g/mol. The average Bonchev–Trinajstić information content (AvgIpc) is 2.83. The minimum Gasteiger partial charge on any atom is -0.329 e. The zero-order valence-corrected chi connectivity index (χ0v) is 12.0. The molecule has 0 aromatic carbocycles. The summed E-state index contributed by atoms with van der Waals surface area (Å²) in [4.78, 5) is 5.05. The summed E-state index contributed by atoms with van der Waals surface area (Å²) in [5.41, 5.74) is 6.92. The highest BCUT2D eigenvalue weighted by Crippen LogP contribution is 2.47. The number of hydrogen-bond donors (Lipinski definition) is 1. The van der Waals surface area contributed by atoms with Gasteiger partial charge in [-0.3, -0.25) is 4.90 Å². The first kappa shape index (κ1) is 13.3. The second kappa shape index (κ2) is 4.52. The summed E-state index contributed by atoms with van der Waals surface area (Å²) >= 11 is 0. The minimum absolute atomic E-state index is 0.300. The van der Waals surface area contributed by atoms with E-state index in [9.17, 15) is 0 Å². The lowest BCUT2D eigenvalue weighted by molar-refractivity contribution is 0.108. The van der Waals surface area contributed by atoms with Crippen molar-refractivity contribution in [2.75, 3.05) is 33.7 Å². The molecule has 2 N–H and O–H groups in total. The molecular formula is C14H29N3. The summed E-state index contributed by atoms with van der Waals surface area (Å²) in [5, 5.41) is 0. The smallest absolute Gasteiger partial charge is 0.0337 e. The fraction of sp³-hybridized carbons (Fsp3) is 1.00. The molecule has 0 bridgehead atoms. The van der Waals surface area contributed by atoms with Crippen LogP contribution in [0, 0.1) is 5.41 Å². The van der Waals surface area contributed by atoms with Crippen LogP contribution in [0.5, 0.6) is 0 Å². The van der Waals surface area contributed by atoms with E-state index in [1.54, 1.807) is 0 Å². The van der Waals surface area contributed by atoms with Crippen molar-refractivity contribution in [1.29, 1.82) is 0 Å². The van der Waals surface area contributed by atoms with Crippen LogP contribution in [0.15, 0.2) is 0 Å². The van der Waals surface area contributed by atoms with Crippen LogP contribution in [-0.4, -0.2) is 55.1 Å². The molecule has 3 nitrogen and oxygen atoms in total. The number of nitrogens with zero attached hydrogens (tertiary/aromatic N) is 2. The molecule has 2 aliphatic rings. The molecule has 1 heterocycles. The van der Waals surface area contributed by atoms with E-state index in [4.69, 9.17) is 5.73 Å². The van der Waals surface area contributed by atoms with Crippen LogP contribution >= 0.6 is 0 Å². The molecule has 0 aromatic heterocycles. The number of rotatable bonds is 3. The van der Waals surface area contributed by atoms with Crippen molar-refractivity contribution in [2.24, 2.45) is 11.1 Å². The molecule has 3 heteroatoms. The highest BCUT2D eigenvalue weighted by molar-refractivity contribution is 5.04. The SMILES string of the molecule is CN(C)C1CCN(C2(CN)CCC(C)(C)C2)C1. The Kier molecular flexibility index (Phi) is 3.54. The maximum atomic E-state index is 6.14. The van der Waals surface area contributed by atoms with Crippen molar-refractivity contribution in [1.82, 2.24) is 9.80 Å². The van der Waals surface area contributed by atoms with Crippen LogP contribution in [0.1, 0.15) is 39.5 Å². The summed E-state index contributed by atoms with van der Waals surface area (Å²) in [5.74, 6) is 0. The third-order valence-electron chi connectivity index (χ3n) is 5.02. The Labute approximate surface area is 106 Å². The fourth-order valence-corrected chi connectivity index (χ4v) is 3.81. The van der Waals surface area contributed by atoms with Crippen LogP contribution in [-0.2, 0) is 0 Å². The molecule has 1 saturated heterocycles. The Hall–Kier alpha value is -0.120. The van der Waals surface area contributed by atoms with E-state index in [-0.39, 0.29) is 0 Å². The Morgan fingerprint density at radius 1 is 1.29 bits per heavy atom. The van der Waals surface area contributed by atoms with Gasteiger partial charge in [-0.05, 0) is 45.2 Å². The predicted molar refractivity (Wildman–Crippen MR) is 73.1 cm³/mol. The van der Waals surface area contributed by atoms with Gasteiger partial charge in [0, 0.05) is 31.2 Å². The molecule has 1 saturated carbocycles. The first-order chi connectivity index (χ1) is 7.88. The van der Waals surface area contributed by atoms with Gasteiger partial charge in [-0.25, -0.2) is 0 Å². The van der Waals surface area contributed by atoms with E-state index >= 15 is 0 Å². The van der Waals surface area contributed by atoms with E-state index in [2.05, 4.69) is 37.7 Å². The number of hydrogen-bond acceptors (Lipinski definition) is 3. The largest absolute Gasteiger partial charge is 0.329 e. The summed E-state index contributed by atoms with van der Waals surface area (Å²) in [6, 6.07) is 0.724. The minimum atomic E-state index is 0.300. The van der Waals surface area contributed by atoms with Gasteiger partial charge >= 0.3 is 0 Å². The molecule has 0 amide bonds. The third kappa shape index (κ3) is 2.51. The molecule has 0 spiro atoms. The molecule has 1 aliphatic heterocycles. The summed E-state index contributed by atoms with van der Waals surface area (Å²) < 4.78 is 0. The molecule has 17 heavy (non-hydrogen) atoms. The van der Waals surface area contributed by atoms with E-state index < -0.39 is 0 Å². The van der Waals surface area contributed by atoms with Gasteiger partial charge in [0.25, 0.3) is 0 Å². The van der Waals surface area contributed by atoms with Crippen molar-refractivity contribution >= 4 is 0 Å². The van der Waals surface area contributed by atoms with Gasteiger partial charge < -0.3 is 10.6 Å². The number of likely N-dealkylation sites (tertiary alicyclic amines) is 1. The lowest BCUT2D eigenvalue weighted by atomic mass is 9.87. The highest BCUT2D eigenvalue weighted by atomic mass is 15.3. The number of nitrogens with two attached hydrogens (primary N) is 1. The topological polar surface area (TPSA) is 32.5 Å². The number of likely N-dealkylation sites (N-methyl/N-ethyl adjacent to an activating group) is 1. The molecule has 2 unspecified atom stereocenters. The summed E-state index contributed by atoms with van der Waals surface area (Å²) in [6.45, 7) is 8.06. The van der Waals surface area contributed by atoms with Gasteiger partial charge in [0.15, 0.2) is 0 Å². The van der Waals surface area contributed by atoms with Gasteiger partial charge in [0.1, 0.15) is 0 Å². The van der Waals surface area contributed by atoms with Crippen LogP contribution in [0.4, 0.5) is 0 Å². The van der Waals surface area contributed by atoms with Crippen molar-refractivity contribution < 1.29 is 0 Å². The molecule has 1 aliphatic carbocycles. The molecule has 2 fully saturated rings.